The molecule has 166 valence electrons. The minimum Gasteiger partial charge on any atom is -0.354 e. The molecular formula is C23H29N3O4S. The van der Waals surface area contributed by atoms with E-state index in [1.807, 2.05) is 19.1 Å². The van der Waals surface area contributed by atoms with Crippen molar-refractivity contribution in [2.45, 2.75) is 43.9 Å². The van der Waals surface area contributed by atoms with Crippen molar-refractivity contribution in [2.24, 2.45) is 5.92 Å². The van der Waals surface area contributed by atoms with E-state index in [2.05, 4.69) is 15.4 Å². The Labute approximate surface area is 183 Å². The Balaban J connectivity index is 1.49. The van der Waals surface area contributed by atoms with Crippen LogP contribution in [0.1, 0.15) is 48.0 Å². The zero-order valence-corrected chi connectivity index (χ0v) is 18.5. The molecule has 3 N–H and O–H groups in total. The Morgan fingerprint density at radius 2 is 1.55 bits per heavy atom. The van der Waals surface area contributed by atoms with Crippen LogP contribution in [0.25, 0.3) is 0 Å². The number of rotatable bonds is 8. The van der Waals surface area contributed by atoms with E-state index in [1.54, 1.807) is 12.1 Å². The minimum absolute atomic E-state index is 0.0599. The summed E-state index contributed by atoms with van der Waals surface area (Å²) < 4.78 is 27.7. The Hall–Kier alpha value is -2.87. The highest BCUT2D eigenvalue weighted by Crippen LogP contribution is 2.23. The van der Waals surface area contributed by atoms with Gasteiger partial charge in [-0.25, -0.2) is 8.42 Å². The minimum atomic E-state index is -3.75. The molecule has 1 aliphatic rings. The number of aryl methyl sites for hydroxylation is 1. The van der Waals surface area contributed by atoms with Crippen LogP contribution < -0.4 is 15.4 Å². The third-order valence-corrected chi connectivity index (χ3v) is 6.88. The van der Waals surface area contributed by atoms with E-state index in [1.165, 1.54) is 30.7 Å². The number of para-hydroxylation sites is 1. The molecule has 0 radical (unpaired) electrons. The third kappa shape index (κ3) is 6.30. The van der Waals surface area contributed by atoms with Crippen molar-refractivity contribution in [1.82, 2.24) is 10.6 Å². The maximum absolute atomic E-state index is 12.6. The number of anilines is 1. The molecule has 2 aromatic rings. The lowest BCUT2D eigenvalue weighted by molar-refractivity contribution is -0.125. The fourth-order valence-electron chi connectivity index (χ4n) is 3.65. The van der Waals surface area contributed by atoms with Gasteiger partial charge >= 0.3 is 0 Å². The lowest BCUT2D eigenvalue weighted by Gasteiger charge is -2.20. The quantitative estimate of drug-likeness (QED) is 0.545. The number of nitrogens with one attached hydrogen (secondary N) is 3. The normalized spacial score (nSPS) is 14.6. The van der Waals surface area contributed by atoms with Crippen molar-refractivity contribution in [2.75, 3.05) is 17.8 Å². The van der Waals surface area contributed by atoms with Crippen molar-refractivity contribution in [3.05, 3.63) is 59.7 Å². The molecule has 0 bridgehead atoms. The van der Waals surface area contributed by atoms with Gasteiger partial charge in [0.05, 0.1) is 10.6 Å². The summed E-state index contributed by atoms with van der Waals surface area (Å²) in [6.07, 6.45) is 5.27. The first-order valence-corrected chi connectivity index (χ1v) is 12.1. The molecule has 0 heterocycles. The van der Waals surface area contributed by atoms with Gasteiger partial charge < -0.3 is 10.6 Å². The van der Waals surface area contributed by atoms with Crippen molar-refractivity contribution in [3.8, 4) is 0 Å². The van der Waals surface area contributed by atoms with Crippen LogP contribution in [0.2, 0.25) is 0 Å². The number of sulfonamides is 1. The van der Waals surface area contributed by atoms with Crippen LogP contribution in [0.4, 0.5) is 5.69 Å². The fraction of sp³-hybridized carbons (Fsp3) is 0.391. The molecule has 1 aliphatic carbocycles. The number of hydrogen-bond acceptors (Lipinski definition) is 4. The summed E-state index contributed by atoms with van der Waals surface area (Å²) in [7, 11) is -3.75. The molecule has 0 saturated heterocycles. The van der Waals surface area contributed by atoms with Crippen LogP contribution in [0.15, 0.2) is 53.4 Å². The highest BCUT2D eigenvalue weighted by Gasteiger charge is 2.20. The summed E-state index contributed by atoms with van der Waals surface area (Å²) in [6, 6.07) is 12.9. The lowest BCUT2D eigenvalue weighted by atomic mass is 9.89. The van der Waals surface area contributed by atoms with Gasteiger partial charge in [0.1, 0.15) is 0 Å². The molecule has 0 atom stereocenters. The van der Waals surface area contributed by atoms with Gasteiger partial charge in [0.25, 0.3) is 15.9 Å². The first-order valence-electron chi connectivity index (χ1n) is 10.6. The Bertz CT molecular complexity index is 1010. The number of amides is 2. The van der Waals surface area contributed by atoms with Gasteiger partial charge in [-0.2, -0.15) is 0 Å². The average Bonchev–Trinajstić information content (AvgIpc) is 2.78. The molecule has 0 unspecified atom stereocenters. The molecule has 0 aliphatic heterocycles. The first-order chi connectivity index (χ1) is 14.9. The molecule has 0 spiro atoms. The lowest BCUT2D eigenvalue weighted by Crippen LogP contribution is -2.38. The van der Waals surface area contributed by atoms with E-state index in [0.29, 0.717) is 24.3 Å². The Kier molecular flexibility index (Phi) is 7.68. The van der Waals surface area contributed by atoms with Gasteiger partial charge in [0, 0.05) is 24.6 Å². The molecule has 2 aromatic carbocycles. The maximum atomic E-state index is 12.6. The summed E-state index contributed by atoms with van der Waals surface area (Å²) in [6.45, 7) is 2.50. The van der Waals surface area contributed by atoms with E-state index >= 15 is 0 Å². The molecule has 1 saturated carbocycles. The van der Waals surface area contributed by atoms with Crippen LogP contribution >= 0.6 is 0 Å². The molecule has 0 aromatic heterocycles. The van der Waals surface area contributed by atoms with Crippen LogP contribution in [0.5, 0.6) is 0 Å². The van der Waals surface area contributed by atoms with Gasteiger partial charge in [-0.3, -0.25) is 14.3 Å². The van der Waals surface area contributed by atoms with Gasteiger partial charge in [-0.1, -0.05) is 37.5 Å². The van der Waals surface area contributed by atoms with Crippen LogP contribution in [0, 0.1) is 12.8 Å². The van der Waals surface area contributed by atoms with E-state index in [9.17, 15) is 18.0 Å². The van der Waals surface area contributed by atoms with Crippen LogP contribution in [0.3, 0.4) is 0 Å². The van der Waals surface area contributed by atoms with E-state index in [4.69, 9.17) is 0 Å². The summed E-state index contributed by atoms with van der Waals surface area (Å²) >= 11 is 0. The maximum Gasteiger partial charge on any atom is 0.261 e. The standard InChI is InChI=1S/C23H29N3O4S/c1-17-7-5-6-10-21(17)26-31(29,30)20-13-11-19(12-14-20)23(28)25-16-15-24-22(27)18-8-3-2-4-9-18/h5-7,10-14,18,26H,2-4,8-9,15-16H2,1H3,(H,24,27)(H,25,28). The predicted octanol–water partition coefficient (Wildman–Crippen LogP) is 3.22. The van der Waals surface area contributed by atoms with Crippen LogP contribution in [-0.2, 0) is 14.8 Å². The molecule has 2 amide bonds. The van der Waals surface area contributed by atoms with Crippen molar-refractivity contribution in [1.29, 1.82) is 0 Å². The molecule has 1 fully saturated rings. The van der Waals surface area contributed by atoms with Gasteiger partial charge in [-0.05, 0) is 55.7 Å². The summed E-state index contributed by atoms with van der Waals surface area (Å²) in [4.78, 5) is 24.5. The van der Waals surface area contributed by atoms with E-state index in [-0.39, 0.29) is 22.6 Å². The fourth-order valence-corrected chi connectivity index (χ4v) is 4.78. The molecular weight excluding hydrogens is 414 g/mol. The smallest absolute Gasteiger partial charge is 0.261 e. The third-order valence-electron chi connectivity index (χ3n) is 5.50. The van der Waals surface area contributed by atoms with Crippen LogP contribution in [-0.4, -0.2) is 33.3 Å². The van der Waals surface area contributed by atoms with Crippen molar-refractivity contribution in [3.63, 3.8) is 0 Å². The summed E-state index contributed by atoms with van der Waals surface area (Å²) in [5, 5.41) is 5.62. The molecule has 8 heteroatoms. The Morgan fingerprint density at radius 3 is 2.23 bits per heavy atom. The largest absolute Gasteiger partial charge is 0.354 e. The molecule has 31 heavy (non-hydrogen) atoms. The zero-order valence-electron chi connectivity index (χ0n) is 17.7. The van der Waals surface area contributed by atoms with Crippen molar-refractivity contribution >= 4 is 27.5 Å². The Morgan fingerprint density at radius 1 is 0.903 bits per heavy atom. The summed E-state index contributed by atoms with van der Waals surface area (Å²) in [5.41, 5.74) is 1.69. The van der Waals surface area contributed by atoms with Crippen molar-refractivity contribution < 1.29 is 18.0 Å². The van der Waals surface area contributed by atoms with Gasteiger partial charge in [0.15, 0.2) is 0 Å². The molecule has 7 nitrogen and oxygen atoms in total. The topological polar surface area (TPSA) is 104 Å². The molecule has 3 rings (SSSR count). The second kappa shape index (κ2) is 10.4. The summed E-state index contributed by atoms with van der Waals surface area (Å²) in [5.74, 6) is -0.167. The highest BCUT2D eigenvalue weighted by molar-refractivity contribution is 7.92. The number of hydrogen-bond donors (Lipinski definition) is 3. The number of carbonyl (C=O) groups excluding carboxylic acids is 2. The number of carbonyl (C=O) groups is 2. The second-order valence-corrected chi connectivity index (χ2v) is 9.51. The SMILES string of the molecule is Cc1ccccc1NS(=O)(=O)c1ccc(C(=O)NCCNC(=O)C2CCCCC2)cc1. The highest BCUT2D eigenvalue weighted by atomic mass is 32.2. The van der Waals surface area contributed by atoms with E-state index in [0.717, 1.165) is 31.2 Å². The second-order valence-electron chi connectivity index (χ2n) is 7.83. The van der Waals surface area contributed by atoms with E-state index < -0.39 is 10.0 Å². The zero-order chi connectivity index (χ0) is 22.3. The number of benzene rings is 2. The predicted molar refractivity (Wildman–Crippen MR) is 120 cm³/mol. The first kappa shape index (κ1) is 22.8. The average molecular weight is 444 g/mol. The van der Waals surface area contributed by atoms with Gasteiger partial charge in [0.2, 0.25) is 5.91 Å². The monoisotopic (exact) mass is 443 g/mol. The van der Waals surface area contributed by atoms with Gasteiger partial charge in [-0.15, -0.1) is 0 Å².